The summed E-state index contributed by atoms with van der Waals surface area (Å²) in [6.07, 6.45) is 0. The van der Waals surface area contributed by atoms with E-state index in [9.17, 15) is 14.0 Å². The molecule has 0 saturated carbocycles. The second-order valence-corrected chi connectivity index (χ2v) is 7.47. The van der Waals surface area contributed by atoms with Crippen LogP contribution in [0.2, 0.25) is 0 Å². The summed E-state index contributed by atoms with van der Waals surface area (Å²) in [6.45, 7) is 2.80. The first-order chi connectivity index (χ1) is 15.5. The average Bonchev–Trinajstić information content (AvgIpc) is 3.22. The fraction of sp³-hybridized carbons (Fsp3) is 0.280. The number of benzene rings is 2. The summed E-state index contributed by atoms with van der Waals surface area (Å²) < 4.78 is 24.1. The third-order valence-corrected chi connectivity index (χ3v) is 4.98. The minimum Gasteiger partial charge on any atom is -0.464 e. The highest BCUT2D eigenvalue weighted by atomic mass is 19.1. The first-order valence-electron chi connectivity index (χ1n) is 10.4. The van der Waals surface area contributed by atoms with Crippen molar-refractivity contribution < 1.29 is 23.1 Å². The predicted molar refractivity (Wildman–Crippen MR) is 118 cm³/mol. The summed E-state index contributed by atoms with van der Waals surface area (Å²) in [4.78, 5) is 29.4. The number of carbonyl (C=O) groups excluding carboxylic acids is 2. The number of aryl methyl sites for hydroxylation is 1. The van der Waals surface area contributed by atoms with Crippen LogP contribution >= 0.6 is 0 Å². The van der Waals surface area contributed by atoms with Gasteiger partial charge >= 0.3 is 0 Å². The summed E-state index contributed by atoms with van der Waals surface area (Å²) >= 11 is 0. The van der Waals surface area contributed by atoms with Gasteiger partial charge in [-0.2, -0.15) is 0 Å². The maximum absolute atomic E-state index is 13.3. The van der Waals surface area contributed by atoms with E-state index in [-0.39, 0.29) is 43.8 Å². The van der Waals surface area contributed by atoms with Crippen molar-refractivity contribution in [1.82, 2.24) is 9.80 Å². The lowest BCUT2D eigenvalue weighted by molar-refractivity contribution is -0.133. The van der Waals surface area contributed by atoms with Gasteiger partial charge in [-0.3, -0.25) is 9.59 Å². The zero-order valence-corrected chi connectivity index (χ0v) is 18.3. The molecule has 0 unspecified atom stereocenters. The van der Waals surface area contributed by atoms with E-state index in [1.54, 1.807) is 48.4 Å². The van der Waals surface area contributed by atoms with Crippen LogP contribution in [-0.4, -0.2) is 48.4 Å². The second-order valence-electron chi connectivity index (χ2n) is 7.47. The van der Waals surface area contributed by atoms with Crippen LogP contribution < -0.4 is 0 Å². The molecule has 2 aromatic carbocycles. The van der Waals surface area contributed by atoms with E-state index in [2.05, 4.69) is 0 Å². The van der Waals surface area contributed by atoms with Crippen LogP contribution in [-0.2, 0) is 22.6 Å². The number of methoxy groups -OCH3 is 1. The monoisotopic (exact) mass is 438 g/mol. The van der Waals surface area contributed by atoms with Crippen LogP contribution in [0.5, 0.6) is 0 Å². The fourth-order valence-corrected chi connectivity index (χ4v) is 3.28. The van der Waals surface area contributed by atoms with Gasteiger partial charge in [0.15, 0.2) is 0 Å². The number of hydrogen-bond acceptors (Lipinski definition) is 4. The molecular formula is C25H27FN2O4. The molecule has 0 spiro atoms. The van der Waals surface area contributed by atoms with Gasteiger partial charge in [0.2, 0.25) is 5.91 Å². The highest BCUT2D eigenvalue weighted by molar-refractivity contribution is 5.96. The molecule has 32 heavy (non-hydrogen) atoms. The predicted octanol–water partition coefficient (Wildman–Crippen LogP) is 4.04. The number of hydrogen-bond donors (Lipinski definition) is 0. The Morgan fingerprint density at radius 3 is 2.28 bits per heavy atom. The Hall–Kier alpha value is -3.45. The number of carbonyl (C=O) groups is 2. The number of nitrogens with zero attached hydrogens (tertiary/aromatic N) is 2. The molecular weight excluding hydrogens is 411 g/mol. The standard InChI is InChI=1S/C25H27FN2O4/c1-19-8-13-23(32-19)17-28(16-20-9-11-22(26)12-10-20)24(29)18-27(14-15-31-2)25(30)21-6-4-3-5-7-21/h3-13H,14-18H2,1-2H3. The maximum Gasteiger partial charge on any atom is 0.254 e. The first kappa shape index (κ1) is 23.2. The molecule has 1 aromatic heterocycles. The van der Waals surface area contributed by atoms with Crippen LogP contribution in [0.25, 0.3) is 0 Å². The van der Waals surface area contributed by atoms with Crippen LogP contribution in [0, 0.1) is 12.7 Å². The Balaban J connectivity index is 1.79. The molecule has 0 aliphatic rings. The number of furan rings is 1. The number of rotatable bonds is 10. The summed E-state index contributed by atoms with van der Waals surface area (Å²) in [6, 6.07) is 18.5. The minimum atomic E-state index is -0.340. The van der Waals surface area contributed by atoms with Crippen molar-refractivity contribution in [2.24, 2.45) is 0 Å². The van der Waals surface area contributed by atoms with Crippen molar-refractivity contribution in [1.29, 1.82) is 0 Å². The van der Waals surface area contributed by atoms with Crippen molar-refractivity contribution in [2.75, 3.05) is 26.8 Å². The van der Waals surface area contributed by atoms with Gasteiger partial charge < -0.3 is 19.0 Å². The lowest BCUT2D eigenvalue weighted by atomic mass is 10.2. The molecule has 7 heteroatoms. The molecule has 0 radical (unpaired) electrons. The fourth-order valence-electron chi connectivity index (χ4n) is 3.28. The van der Waals surface area contributed by atoms with E-state index in [0.29, 0.717) is 17.9 Å². The van der Waals surface area contributed by atoms with Crippen molar-refractivity contribution in [2.45, 2.75) is 20.0 Å². The van der Waals surface area contributed by atoms with E-state index in [0.717, 1.165) is 11.3 Å². The molecule has 1 heterocycles. The molecule has 0 fully saturated rings. The molecule has 0 aliphatic carbocycles. The quantitative estimate of drug-likeness (QED) is 0.479. The summed E-state index contributed by atoms with van der Waals surface area (Å²) in [5.74, 6) is 0.550. The highest BCUT2D eigenvalue weighted by Crippen LogP contribution is 2.15. The molecule has 0 bridgehead atoms. The number of ether oxygens (including phenoxy) is 1. The van der Waals surface area contributed by atoms with Gasteiger partial charge in [0.25, 0.3) is 5.91 Å². The summed E-state index contributed by atoms with van der Waals surface area (Å²) in [5, 5.41) is 0. The molecule has 168 valence electrons. The lowest BCUT2D eigenvalue weighted by Crippen LogP contribution is -2.43. The van der Waals surface area contributed by atoms with Crippen molar-refractivity contribution in [3.05, 3.63) is 95.2 Å². The highest BCUT2D eigenvalue weighted by Gasteiger charge is 2.23. The molecule has 0 atom stereocenters. The molecule has 6 nitrogen and oxygen atoms in total. The van der Waals surface area contributed by atoms with Gasteiger partial charge in [-0.05, 0) is 48.9 Å². The van der Waals surface area contributed by atoms with Crippen LogP contribution in [0.15, 0.2) is 71.1 Å². The van der Waals surface area contributed by atoms with Crippen molar-refractivity contribution in [3.63, 3.8) is 0 Å². The Morgan fingerprint density at radius 1 is 0.938 bits per heavy atom. The lowest BCUT2D eigenvalue weighted by Gasteiger charge is -2.27. The van der Waals surface area contributed by atoms with E-state index in [4.69, 9.17) is 9.15 Å². The van der Waals surface area contributed by atoms with Crippen molar-refractivity contribution in [3.8, 4) is 0 Å². The van der Waals surface area contributed by atoms with Gasteiger partial charge in [0.1, 0.15) is 23.9 Å². The molecule has 3 rings (SSSR count). The number of amides is 2. The van der Waals surface area contributed by atoms with Gasteiger partial charge in [0.05, 0.1) is 13.2 Å². The Kier molecular flexibility index (Phi) is 8.16. The molecule has 0 N–H and O–H groups in total. The Bertz CT molecular complexity index is 1020. The van der Waals surface area contributed by atoms with Gasteiger partial charge in [-0.15, -0.1) is 0 Å². The van der Waals surface area contributed by atoms with Crippen LogP contribution in [0.1, 0.15) is 27.4 Å². The van der Waals surface area contributed by atoms with E-state index in [1.807, 2.05) is 25.1 Å². The molecule has 0 aliphatic heterocycles. The Morgan fingerprint density at radius 2 is 1.66 bits per heavy atom. The van der Waals surface area contributed by atoms with Crippen molar-refractivity contribution >= 4 is 11.8 Å². The third kappa shape index (κ3) is 6.52. The van der Waals surface area contributed by atoms with Crippen LogP contribution in [0.3, 0.4) is 0 Å². The Labute approximate surface area is 187 Å². The zero-order chi connectivity index (χ0) is 22.9. The summed E-state index contributed by atoms with van der Waals surface area (Å²) in [7, 11) is 1.55. The molecule has 0 saturated heterocycles. The topological polar surface area (TPSA) is 63.0 Å². The van der Waals surface area contributed by atoms with Gasteiger partial charge in [0, 0.05) is 25.8 Å². The van der Waals surface area contributed by atoms with Crippen LogP contribution in [0.4, 0.5) is 4.39 Å². The largest absolute Gasteiger partial charge is 0.464 e. The maximum atomic E-state index is 13.3. The molecule has 3 aromatic rings. The normalized spacial score (nSPS) is 10.7. The average molecular weight is 438 g/mol. The van der Waals surface area contributed by atoms with E-state index in [1.165, 1.54) is 17.0 Å². The SMILES string of the molecule is COCCN(CC(=O)N(Cc1ccc(F)cc1)Cc1ccc(C)o1)C(=O)c1ccccc1. The second kappa shape index (κ2) is 11.2. The molecule has 2 amide bonds. The smallest absolute Gasteiger partial charge is 0.254 e. The summed E-state index contributed by atoms with van der Waals surface area (Å²) in [5.41, 5.74) is 1.28. The minimum absolute atomic E-state index is 0.113. The van der Waals surface area contributed by atoms with Gasteiger partial charge in [-0.1, -0.05) is 30.3 Å². The third-order valence-electron chi connectivity index (χ3n) is 4.98. The van der Waals surface area contributed by atoms with E-state index >= 15 is 0 Å². The van der Waals surface area contributed by atoms with E-state index < -0.39 is 0 Å². The zero-order valence-electron chi connectivity index (χ0n) is 18.3. The first-order valence-corrected chi connectivity index (χ1v) is 10.4. The number of halogens is 1. The van der Waals surface area contributed by atoms with Gasteiger partial charge in [-0.25, -0.2) is 4.39 Å².